The Hall–Kier alpha value is -1.12. The van der Waals surface area contributed by atoms with Crippen molar-refractivity contribution in [1.29, 1.82) is 0 Å². The molecule has 0 aromatic rings. The molecule has 3 heteroatoms. The Bertz CT molecular complexity index is 312. The minimum Gasteiger partial charge on any atom is -0.343 e. The Morgan fingerprint density at radius 2 is 1.88 bits per heavy atom. The van der Waals surface area contributed by atoms with E-state index in [-0.39, 0.29) is 5.91 Å². The zero-order valence-electron chi connectivity index (χ0n) is 10.3. The van der Waals surface area contributed by atoms with E-state index in [0.29, 0.717) is 25.9 Å². The summed E-state index contributed by atoms with van der Waals surface area (Å²) in [5.41, 5.74) is -0.522. The van der Waals surface area contributed by atoms with E-state index in [0.717, 1.165) is 5.57 Å². The number of piperidine rings is 1. The van der Waals surface area contributed by atoms with Crippen LogP contribution in [-0.2, 0) is 4.79 Å². The Balaban J connectivity index is 2.72. The monoisotopic (exact) mass is 225 g/mol. The van der Waals surface area contributed by atoms with Crippen molar-refractivity contribution in [3.05, 3.63) is 23.8 Å². The fourth-order valence-corrected chi connectivity index (χ4v) is 2.15. The Kier molecular flexibility index (Phi) is 4.27. The SMILES string of the molecule is C/C=C\C(=C/C)C1(F)CCN(C(C)=O)CC1. The molecular weight excluding hydrogens is 205 g/mol. The lowest BCUT2D eigenvalue weighted by molar-refractivity contribution is -0.130. The first-order valence-electron chi connectivity index (χ1n) is 5.77. The van der Waals surface area contributed by atoms with Crippen LogP contribution in [0.4, 0.5) is 4.39 Å². The maximum Gasteiger partial charge on any atom is 0.219 e. The van der Waals surface area contributed by atoms with Crippen LogP contribution < -0.4 is 0 Å². The van der Waals surface area contributed by atoms with Gasteiger partial charge in [-0.25, -0.2) is 4.39 Å². The summed E-state index contributed by atoms with van der Waals surface area (Å²) in [7, 11) is 0. The molecule has 0 aliphatic carbocycles. The Morgan fingerprint density at radius 1 is 1.31 bits per heavy atom. The average Bonchev–Trinajstić information content (AvgIpc) is 2.26. The first-order valence-corrected chi connectivity index (χ1v) is 5.77. The molecule has 1 amide bonds. The molecule has 0 bridgehead atoms. The molecular formula is C13H20FNO. The van der Waals surface area contributed by atoms with Crippen LogP contribution in [0.3, 0.4) is 0 Å². The van der Waals surface area contributed by atoms with Gasteiger partial charge in [-0.05, 0) is 19.4 Å². The summed E-state index contributed by atoms with van der Waals surface area (Å²) in [6.45, 7) is 6.31. The summed E-state index contributed by atoms with van der Waals surface area (Å²) in [6, 6.07) is 0. The number of allylic oxidation sites excluding steroid dienone is 4. The van der Waals surface area contributed by atoms with E-state index in [9.17, 15) is 9.18 Å². The smallest absolute Gasteiger partial charge is 0.219 e. The standard InChI is InChI=1S/C13H20FNO/c1-4-6-12(5-2)13(14)7-9-15(10-8-13)11(3)16/h4-6H,7-10H2,1-3H3/b6-4-,12-5+. The molecule has 1 saturated heterocycles. The van der Waals surface area contributed by atoms with Crippen molar-refractivity contribution < 1.29 is 9.18 Å². The molecule has 90 valence electrons. The Labute approximate surface area is 96.8 Å². The highest BCUT2D eigenvalue weighted by Crippen LogP contribution is 2.34. The van der Waals surface area contributed by atoms with Gasteiger partial charge in [-0.2, -0.15) is 0 Å². The number of alkyl halides is 1. The third kappa shape index (κ3) is 2.71. The van der Waals surface area contributed by atoms with Gasteiger partial charge in [0.15, 0.2) is 0 Å². The third-order valence-corrected chi connectivity index (χ3v) is 3.18. The van der Waals surface area contributed by atoms with E-state index < -0.39 is 5.67 Å². The van der Waals surface area contributed by atoms with Crippen molar-refractivity contribution in [3.63, 3.8) is 0 Å². The topological polar surface area (TPSA) is 20.3 Å². The van der Waals surface area contributed by atoms with Crippen molar-refractivity contribution >= 4 is 5.91 Å². The van der Waals surface area contributed by atoms with Gasteiger partial charge in [-0.15, -0.1) is 0 Å². The van der Waals surface area contributed by atoms with Gasteiger partial charge in [0.05, 0.1) is 0 Å². The molecule has 1 rings (SSSR count). The molecule has 0 unspecified atom stereocenters. The quantitative estimate of drug-likeness (QED) is 0.662. The highest BCUT2D eigenvalue weighted by Gasteiger charge is 2.37. The summed E-state index contributed by atoms with van der Waals surface area (Å²) < 4.78 is 14.6. The van der Waals surface area contributed by atoms with Crippen LogP contribution in [-0.4, -0.2) is 29.6 Å². The lowest BCUT2D eigenvalue weighted by Crippen LogP contribution is -2.44. The average molecular weight is 225 g/mol. The van der Waals surface area contributed by atoms with Crippen LogP contribution in [0.1, 0.15) is 33.6 Å². The highest BCUT2D eigenvalue weighted by molar-refractivity contribution is 5.73. The first kappa shape index (κ1) is 12.9. The number of amides is 1. The molecule has 0 saturated carbocycles. The van der Waals surface area contributed by atoms with Crippen LogP contribution in [0.15, 0.2) is 23.8 Å². The van der Waals surface area contributed by atoms with Crippen molar-refractivity contribution in [3.8, 4) is 0 Å². The normalized spacial score (nSPS) is 21.5. The number of hydrogen-bond donors (Lipinski definition) is 0. The van der Waals surface area contributed by atoms with Crippen LogP contribution in [0.5, 0.6) is 0 Å². The second-order valence-electron chi connectivity index (χ2n) is 4.22. The fraction of sp³-hybridized carbons (Fsp3) is 0.615. The first-order chi connectivity index (χ1) is 7.53. The third-order valence-electron chi connectivity index (χ3n) is 3.18. The highest BCUT2D eigenvalue weighted by atomic mass is 19.1. The van der Waals surface area contributed by atoms with Crippen molar-refractivity contribution in [2.24, 2.45) is 0 Å². The predicted molar refractivity (Wildman–Crippen MR) is 63.9 cm³/mol. The summed E-state index contributed by atoms with van der Waals surface area (Å²) >= 11 is 0. The number of rotatable bonds is 2. The summed E-state index contributed by atoms with van der Waals surface area (Å²) in [6.07, 6.45) is 6.30. The zero-order valence-corrected chi connectivity index (χ0v) is 10.3. The van der Waals surface area contributed by atoms with E-state index in [1.165, 1.54) is 6.92 Å². The Morgan fingerprint density at radius 3 is 2.25 bits per heavy atom. The van der Waals surface area contributed by atoms with E-state index in [1.54, 1.807) is 4.90 Å². The molecule has 1 aliphatic rings. The number of likely N-dealkylation sites (tertiary alicyclic amines) is 1. The maximum absolute atomic E-state index is 14.6. The molecule has 1 heterocycles. The number of nitrogens with zero attached hydrogens (tertiary/aromatic N) is 1. The summed E-state index contributed by atoms with van der Waals surface area (Å²) in [5.74, 6) is 0.0371. The second kappa shape index (κ2) is 5.28. The van der Waals surface area contributed by atoms with Gasteiger partial charge in [0.1, 0.15) is 5.67 Å². The number of carbonyl (C=O) groups excluding carboxylic acids is 1. The molecule has 0 aromatic heterocycles. The summed E-state index contributed by atoms with van der Waals surface area (Å²) in [4.78, 5) is 12.9. The second-order valence-corrected chi connectivity index (χ2v) is 4.22. The number of halogens is 1. The van der Waals surface area contributed by atoms with E-state index in [2.05, 4.69) is 0 Å². The van der Waals surface area contributed by atoms with Crippen molar-refractivity contribution in [1.82, 2.24) is 4.90 Å². The van der Waals surface area contributed by atoms with Crippen LogP contribution in [0.2, 0.25) is 0 Å². The maximum atomic E-state index is 14.6. The van der Waals surface area contributed by atoms with Gasteiger partial charge in [-0.1, -0.05) is 18.2 Å². The molecule has 1 aliphatic heterocycles. The lowest BCUT2D eigenvalue weighted by Gasteiger charge is -2.36. The number of carbonyl (C=O) groups is 1. The molecule has 0 radical (unpaired) electrons. The van der Waals surface area contributed by atoms with Crippen molar-refractivity contribution in [2.45, 2.75) is 39.3 Å². The van der Waals surface area contributed by atoms with Crippen molar-refractivity contribution in [2.75, 3.05) is 13.1 Å². The molecule has 2 nitrogen and oxygen atoms in total. The number of hydrogen-bond acceptors (Lipinski definition) is 1. The van der Waals surface area contributed by atoms with E-state index in [1.807, 2.05) is 32.1 Å². The van der Waals surface area contributed by atoms with Crippen LogP contribution in [0.25, 0.3) is 0 Å². The van der Waals surface area contributed by atoms with E-state index in [4.69, 9.17) is 0 Å². The fourth-order valence-electron chi connectivity index (χ4n) is 2.15. The molecule has 0 aromatic carbocycles. The molecule has 1 fully saturated rings. The van der Waals surface area contributed by atoms with Gasteiger partial charge >= 0.3 is 0 Å². The van der Waals surface area contributed by atoms with Gasteiger partial charge in [0.2, 0.25) is 5.91 Å². The van der Waals surface area contributed by atoms with Gasteiger partial charge < -0.3 is 4.90 Å². The van der Waals surface area contributed by atoms with Crippen LogP contribution >= 0.6 is 0 Å². The largest absolute Gasteiger partial charge is 0.343 e. The molecule has 16 heavy (non-hydrogen) atoms. The molecule has 0 atom stereocenters. The van der Waals surface area contributed by atoms with Crippen LogP contribution in [0, 0.1) is 0 Å². The minimum absolute atomic E-state index is 0.0371. The predicted octanol–water partition coefficient (Wildman–Crippen LogP) is 2.86. The summed E-state index contributed by atoms with van der Waals surface area (Å²) in [5, 5.41) is 0. The van der Waals surface area contributed by atoms with Gasteiger partial charge in [-0.3, -0.25) is 4.79 Å². The zero-order chi connectivity index (χ0) is 12.2. The lowest BCUT2D eigenvalue weighted by atomic mass is 9.85. The van der Waals surface area contributed by atoms with Gasteiger partial charge in [0.25, 0.3) is 0 Å². The minimum atomic E-state index is -1.26. The molecule has 0 spiro atoms. The van der Waals surface area contributed by atoms with Gasteiger partial charge in [0, 0.05) is 32.9 Å². The van der Waals surface area contributed by atoms with E-state index >= 15 is 0 Å². The molecule has 0 N–H and O–H groups in total.